The van der Waals surface area contributed by atoms with Crippen molar-refractivity contribution in [3.05, 3.63) is 59.7 Å². The molecule has 2 aromatic carbocycles. The molecular formula is C19H24N6O. The molecule has 0 saturated carbocycles. The minimum atomic E-state index is -0.507. The molecule has 0 saturated heterocycles. The van der Waals surface area contributed by atoms with Gasteiger partial charge in [-0.25, -0.2) is 15.6 Å². The number of carbonyl (C=O) groups excluding carboxylic acids is 1. The highest BCUT2D eigenvalue weighted by molar-refractivity contribution is 5.84. The number of benzene rings is 2. The zero-order chi connectivity index (χ0) is 18.9. The van der Waals surface area contributed by atoms with Gasteiger partial charge in [0.1, 0.15) is 0 Å². The van der Waals surface area contributed by atoms with Crippen molar-refractivity contribution in [2.45, 2.75) is 0 Å². The van der Waals surface area contributed by atoms with Gasteiger partial charge in [0, 0.05) is 39.6 Å². The topological polar surface area (TPSA) is 72.3 Å². The molecule has 2 amide bonds. The van der Waals surface area contributed by atoms with Crippen molar-refractivity contribution < 1.29 is 4.79 Å². The highest BCUT2D eigenvalue weighted by Gasteiger charge is 1.97. The van der Waals surface area contributed by atoms with Crippen LogP contribution in [0, 0.1) is 0 Å². The number of hydrogen-bond donors (Lipinski definition) is 2. The average molecular weight is 352 g/mol. The first-order valence-corrected chi connectivity index (χ1v) is 8.12. The number of anilines is 2. The number of amides is 2. The van der Waals surface area contributed by atoms with Gasteiger partial charge in [-0.2, -0.15) is 10.2 Å². The lowest BCUT2D eigenvalue weighted by Crippen LogP contribution is -2.28. The Morgan fingerprint density at radius 2 is 1.08 bits per heavy atom. The number of hydrazone groups is 2. The maximum Gasteiger partial charge on any atom is 0.355 e. The van der Waals surface area contributed by atoms with Crippen LogP contribution in [0.3, 0.4) is 0 Å². The van der Waals surface area contributed by atoms with Crippen LogP contribution in [-0.4, -0.2) is 46.7 Å². The second-order valence-corrected chi connectivity index (χ2v) is 6.04. The van der Waals surface area contributed by atoms with Crippen LogP contribution in [0.4, 0.5) is 16.2 Å². The summed E-state index contributed by atoms with van der Waals surface area (Å²) < 4.78 is 0. The molecule has 0 fully saturated rings. The highest BCUT2D eigenvalue weighted by Crippen LogP contribution is 2.11. The molecule has 0 aliphatic rings. The predicted octanol–water partition coefficient (Wildman–Crippen LogP) is 2.49. The normalized spacial score (nSPS) is 10.9. The van der Waals surface area contributed by atoms with Crippen molar-refractivity contribution in [2.75, 3.05) is 38.0 Å². The molecule has 136 valence electrons. The molecule has 0 spiro atoms. The fourth-order valence-corrected chi connectivity index (χ4v) is 2.07. The standard InChI is InChI=1S/C19H24N6O/c1-24(2)17-9-5-15(6-10-17)13-20-22-19(26)23-21-14-16-7-11-18(12-8-16)25(3)4/h5-14H,1-4H3,(H2,22,23,26). The van der Waals surface area contributed by atoms with E-state index in [4.69, 9.17) is 0 Å². The van der Waals surface area contributed by atoms with Crippen LogP contribution in [-0.2, 0) is 0 Å². The molecule has 26 heavy (non-hydrogen) atoms. The summed E-state index contributed by atoms with van der Waals surface area (Å²) in [4.78, 5) is 15.7. The molecule has 2 N–H and O–H groups in total. The molecule has 2 aromatic rings. The maximum absolute atomic E-state index is 11.6. The van der Waals surface area contributed by atoms with Crippen molar-refractivity contribution in [1.29, 1.82) is 0 Å². The maximum atomic E-state index is 11.6. The Morgan fingerprint density at radius 1 is 0.731 bits per heavy atom. The molecule has 0 heterocycles. The first kappa shape index (κ1) is 19.0. The van der Waals surface area contributed by atoms with Gasteiger partial charge in [-0.3, -0.25) is 0 Å². The monoisotopic (exact) mass is 352 g/mol. The van der Waals surface area contributed by atoms with E-state index in [1.165, 1.54) is 0 Å². The second-order valence-electron chi connectivity index (χ2n) is 6.04. The van der Waals surface area contributed by atoms with Gasteiger partial charge in [0.25, 0.3) is 0 Å². The van der Waals surface area contributed by atoms with Crippen molar-refractivity contribution >= 4 is 29.8 Å². The first-order chi connectivity index (χ1) is 12.5. The number of urea groups is 1. The van der Waals surface area contributed by atoms with Crippen LogP contribution < -0.4 is 20.7 Å². The van der Waals surface area contributed by atoms with E-state index < -0.39 is 6.03 Å². The number of rotatable bonds is 6. The average Bonchev–Trinajstić information content (AvgIpc) is 2.62. The van der Waals surface area contributed by atoms with E-state index >= 15 is 0 Å². The summed E-state index contributed by atoms with van der Waals surface area (Å²) in [7, 11) is 7.91. The summed E-state index contributed by atoms with van der Waals surface area (Å²) in [6.07, 6.45) is 3.14. The van der Waals surface area contributed by atoms with Crippen LogP contribution in [0.1, 0.15) is 11.1 Å². The van der Waals surface area contributed by atoms with Crippen LogP contribution in [0.2, 0.25) is 0 Å². The molecule has 0 bridgehead atoms. The number of nitrogens with one attached hydrogen (secondary N) is 2. The third-order valence-corrected chi connectivity index (χ3v) is 3.58. The van der Waals surface area contributed by atoms with Crippen molar-refractivity contribution in [2.24, 2.45) is 10.2 Å². The quantitative estimate of drug-likeness (QED) is 0.620. The Balaban J connectivity index is 1.79. The Kier molecular flexibility index (Phi) is 6.73. The molecule has 2 rings (SSSR count). The van der Waals surface area contributed by atoms with Crippen molar-refractivity contribution in [3.8, 4) is 0 Å². The van der Waals surface area contributed by atoms with E-state index in [2.05, 4.69) is 21.1 Å². The highest BCUT2D eigenvalue weighted by atomic mass is 16.2. The fraction of sp³-hybridized carbons (Fsp3) is 0.211. The van der Waals surface area contributed by atoms with Crippen molar-refractivity contribution in [1.82, 2.24) is 10.9 Å². The molecule has 0 aliphatic heterocycles. The summed E-state index contributed by atoms with van der Waals surface area (Å²) in [6, 6.07) is 15.1. The third kappa shape index (κ3) is 5.94. The van der Waals surface area contributed by atoms with Gasteiger partial charge in [0.05, 0.1) is 12.4 Å². The minimum absolute atomic E-state index is 0.507. The molecule has 0 unspecified atom stereocenters. The molecule has 0 aromatic heterocycles. The minimum Gasteiger partial charge on any atom is -0.378 e. The van der Waals surface area contributed by atoms with Crippen LogP contribution in [0.25, 0.3) is 0 Å². The molecule has 7 nitrogen and oxygen atoms in total. The molecule has 0 radical (unpaired) electrons. The SMILES string of the molecule is CN(C)c1ccc(C=NNC(=O)NN=Cc2ccc(N(C)C)cc2)cc1. The smallest absolute Gasteiger partial charge is 0.355 e. The van der Waals surface area contributed by atoms with E-state index in [0.717, 1.165) is 22.5 Å². The number of hydrogen-bond acceptors (Lipinski definition) is 5. The zero-order valence-electron chi connectivity index (χ0n) is 15.5. The predicted molar refractivity (Wildman–Crippen MR) is 108 cm³/mol. The van der Waals surface area contributed by atoms with E-state index in [1.807, 2.05) is 86.5 Å². The number of nitrogens with zero attached hydrogens (tertiary/aromatic N) is 4. The molecular weight excluding hydrogens is 328 g/mol. The largest absolute Gasteiger partial charge is 0.378 e. The molecule has 0 atom stereocenters. The van der Waals surface area contributed by atoms with Gasteiger partial charge in [-0.15, -0.1) is 0 Å². The second kappa shape index (κ2) is 9.22. The molecule has 0 aliphatic carbocycles. The third-order valence-electron chi connectivity index (χ3n) is 3.58. The summed E-state index contributed by atoms with van der Waals surface area (Å²) >= 11 is 0. The van der Waals surface area contributed by atoms with Crippen LogP contribution >= 0.6 is 0 Å². The van der Waals surface area contributed by atoms with Crippen molar-refractivity contribution in [3.63, 3.8) is 0 Å². The number of carbonyl (C=O) groups is 1. The lowest BCUT2D eigenvalue weighted by atomic mass is 10.2. The Labute approximate surface area is 154 Å². The Morgan fingerprint density at radius 3 is 1.38 bits per heavy atom. The summed E-state index contributed by atoms with van der Waals surface area (Å²) in [5, 5.41) is 7.79. The lowest BCUT2D eigenvalue weighted by Gasteiger charge is -2.11. The first-order valence-electron chi connectivity index (χ1n) is 8.12. The van der Waals surface area contributed by atoms with E-state index in [-0.39, 0.29) is 0 Å². The zero-order valence-corrected chi connectivity index (χ0v) is 15.5. The Hall–Kier alpha value is -3.35. The van der Waals surface area contributed by atoms with Gasteiger partial charge in [-0.05, 0) is 35.4 Å². The molecule has 7 heteroatoms. The van der Waals surface area contributed by atoms with Crippen LogP contribution in [0.5, 0.6) is 0 Å². The van der Waals surface area contributed by atoms with Gasteiger partial charge in [-0.1, -0.05) is 24.3 Å². The van der Waals surface area contributed by atoms with E-state index in [9.17, 15) is 4.79 Å². The lowest BCUT2D eigenvalue weighted by molar-refractivity contribution is 0.242. The van der Waals surface area contributed by atoms with E-state index in [1.54, 1.807) is 12.4 Å². The van der Waals surface area contributed by atoms with Gasteiger partial charge < -0.3 is 9.80 Å². The fourth-order valence-electron chi connectivity index (χ4n) is 2.07. The summed E-state index contributed by atoms with van der Waals surface area (Å²) in [5.74, 6) is 0. The van der Waals surface area contributed by atoms with Gasteiger partial charge in [0.15, 0.2) is 0 Å². The van der Waals surface area contributed by atoms with E-state index in [0.29, 0.717) is 0 Å². The summed E-state index contributed by atoms with van der Waals surface area (Å²) in [6.45, 7) is 0. The van der Waals surface area contributed by atoms with Gasteiger partial charge >= 0.3 is 6.03 Å². The summed E-state index contributed by atoms with van der Waals surface area (Å²) in [5.41, 5.74) is 8.71. The van der Waals surface area contributed by atoms with Crippen LogP contribution in [0.15, 0.2) is 58.7 Å². The van der Waals surface area contributed by atoms with Gasteiger partial charge in [0.2, 0.25) is 0 Å². The Bertz CT molecular complexity index is 698.